The van der Waals surface area contributed by atoms with Gasteiger partial charge in [-0.15, -0.1) is 5.11 Å². The second kappa shape index (κ2) is 13.1. The number of anilines is 2. The largest absolute Gasteiger partial charge is 0.506 e. The molecular formula is C37H40N4O2. The lowest BCUT2D eigenvalue weighted by Gasteiger charge is -2.32. The number of benzene rings is 5. The Balaban J connectivity index is 1.53. The van der Waals surface area contributed by atoms with Gasteiger partial charge in [0.15, 0.2) is 0 Å². The van der Waals surface area contributed by atoms with Crippen LogP contribution in [-0.2, 0) is 5.60 Å². The topological polar surface area (TPSA) is 71.7 Å². The minimum atomic E-state index is -1.38. The molecule has 43 heavy (non-hydrogen) atoms. The maximum absolute atomic E-state index is 12.6. The summed E-state index contributed by atoms with van der Waals surface area (Å²) in [6.07, 6.45) is 0. The average Bonchev–Trinajstić information content (AvgIpc) is 3.06. The molecule has 0 bridgehead atoms. The molecule has 5 aromatic rings. The molecular weight excluding hydrogens is 532 g/mol. The Kier molecular flexibility index (Phi) is 9.07. The van der Waals surface area contributed by atoms with E-state index in [0.29, 0.717) is 11.4 Å². The van der Waals surface area contributed by atoms with Gasteiger partial charge in [-0.25, -0.2) is 0 Å². The van der Waals surface area contributed by atoms with Gasteiger partial charge in [0, 0.05) is 42.9 Å². The number of azo groups is 1. The van der Waals surface area contributed by atoms with Crippen LogP contribution in [0.25, 0.3) is 10.8 Å². The molecule has 0 spiro atoms. The molecule has 5 aromatic carbocycles. The summed E-state index contributed by atoms with van der Waals surface area (Å²) < 4.78 is 0. The van der Waals surface area contributed by atoms with Crippen molar-refractivity contribution in [2.45, 2.75) is 33.3 Å². The first-order chi connectivity index (χ1) is 20.9. The molecule has 2 N–H and O–H groups in total. The van der Waals surface area contributed by atoms with Gasteiger partial charge in [-0.05, 0) is 92.2 Å². The van der Waals surface area contributed by atoms with E-state index >= 15 is 0 Å². The molecule has 0 unspecified atom stereocenters. The van der Waals surface area contributed by atoms with Crippen LogP contribution in [-0.4, -0.2) is 36.4 Å². The van der Waals surface area contributed by atoms with Crippen LogP contribution >= 0.6 is 0 Å². The molecule has 5 rings (SSSR count). The molecule has 6 nitrogen and oxygen atoms in total. The van der Waals surface area contributed by atoms with E-state index in [1.807, 2.05) is 78.9 Å². The fourth-order valence-corrected chi connectivity index (χ4v) is 5.73. The molecule has 0 saturated heterocycles. The molecule has 0 amide bonds. The lowest BCUT2D eigenvalue weighted by molar-refractivity contribution is 0.126. The molecule has 0 aromatic heterocycles. The summed E-state index contributed by atoms with van der Waals surface area (Å²) in [5.74, 6) is 0.0785. The van der Waals surface area contributed by atoms with Gasteiger partial charge >= 0.3 is 0 Å². The molecule has 220 valence electrons. The van der Waals surface area contributed by atoms with E-state index in [0.717, 1.165) is 65.0 Å². The number of phenols is 1. The van der Waals surface area contributed by atoms with Gasteiger partial charge in [-0.1, -0.05) is 66.7 Å². The van der Waals surface area contributed by atoms with Crippen LogP contribution in [0.1, 0.15) is 44.4 Å². The minimum absolute atomic E-state index is 0.0785. The van der Waals surface area contributed by atoms with Crippen LogP contribution in [0.15, 0.2) is 119 Å². The van der Waals surface area contributed by atoms with Crippen molar-refractivity contribution in [3.05, 3.63) is 126 Å². The van der Waals surface area contributed by atoms with Gasteiger partial charge in [0.2, 0.25) is 0 Å². The van der Waals surface area contributed by atoms with Gasteiger partial charge in [-0.3, -0.25) is 0 Å². The SMILES string of the molecule is CCN(CC)c1ccc(C(O)(c2ccc(N=Nc3c(O)ccc4ccccc34)cc2)c2ccc(N(CC)CC)cc2)cc1. The van der Waals surface area contributed by atoms with E-state index in [4.69, 9.17) is 0 Å². The fraction of sp³-hybridized carbons (Fsp3) is 0.243. The highest BCUT2D eigenvalue weighted by atomic mass is 16.3. The summed E-state index contributed by atoms with van der Waals surface area (Å²) in [7, 11) is 0. The molecule has 0 aliphatic carbocycles. The van der Waals surface area contributed by atoms with Crippen LogP contribution in [0.5, 0.6) is 5.75 Å². The van der Waals surface area contributed by atoms with Crippen molar-refractivity contribution in [1.29, 1.82) is 0 Å². The Morgan fingerprint density at radius 2 is 1.02 bits per heavy atom. The number of aromatic hydroxyl groups is 1. The Hall–Kier alpha value is -4.68. The third-order valence-electron chi connectivity index (χ3n) is 8.26. The number of rotatable bonds is 11. The number of phenolic OH excluding ortho intramolecular Hbond substituents is 1. The van der Waals surface area contributed by atoms with Crippen molar-refractivity contribution in [1.82, 2.24) is 0 Å². The van der Waals surface area contributed by atoms with Gasteiger partial charge in [0.1, 0.15) is 17.0 Å². The summed E-state index contributed by atoms with van der Waals surface area (Å²) in [4.78, 5) is 4.57. The Bertz CT molecular complexity index is 1620. The van der Waals surface area contributed by atoms with E-state index in [-0.39, 0.29) is 5.75 Å². The summed E-state index contributed by atoms with van der Waals surface area (Å²) in [5, 5.41) is 33.7. The smallest absolute Gasteiger partial charge is 0.143 e. The second-order valence-corrected chi connectivity index (χ2v) is 10.6. The third-order valence-corrected chi connectivity index (χ3v) is 8.26. The lowest BCUT2D eigenvalue weighted by atomic mass is 9.80. The average molecular weight is 573 g/mol. The Labute approximate surface area is 254 Å². The summed E-state index contributed by atoms with van der Waals surface area (Å²) in [6, 6.07) is 35.1. The minimum Gasteiger partial charge on any atom is -0.506 e. The Morgan fingerprint density at radius 1 is 0.558 bits per heavy atom. The molecule has 0 aliphatic heterocycles. The number of aliphatic hydroxyl groups is 1. The predicted molar refractivity (Wildman–Crippen MR) is 178 cm³/mol. The normalized spacial score (nSPS) is 11.7. The van der Waals surface area contributed by atoms with Gasteiger partial charge < -0.3 is 20.0 Å². The monoisotopic (exact) mass is 572 g/mol. The second-order valence-electron chi connectivity index (χ2n) is 10.6. The molecule has 0 saturated carbocycles. The molecule has 0 radical (unpaired) electrons. The van der Waals surface area contributed by atoms with Gasteiger partial charge in [0.05, 0.1) is 5.69 Å². The first-order valence-corrected chi connectivity index (χ1v) is 15.1. The van der Waals surface area contributed by atoms with Crippen molar-refractivity contribution < 1.29 is 10.2 Å². The van der Waals surface area contributed by atoms with Crippen molar-refractivity contribution in [3.8, 4) is 5.75 Å². The molecule has 0 heterocycles. The highest BCUT2D eigenvalue weighted by Gasteiger charge is 2.34. The number of fused-ring (bicyclic) bond motifs is 1. The van der Waals surface area contributed by atoms with Crippen LogP contribution in [0, 0.1) is 0 Å². The zero-order chi connectivity index (χ0) is 30.4. The zero-order valence-electron chi connectivity index (χ0n) is 25.4. The quantitative estimate of drug-likeness (QED) is 0.122. The van der Waals surface area contributed by atoms with Crippen molar-refractivity contribution in [2.24, 2.45) is 10.2 Å². The van der Waals surface area contributed by atoms with E-state index < -0.39 is 5.60 Å². The van der Waals surface area contributed by atoms with Crippen LogP contribution < -0.4 is 9.80 Å². The number of nitrogens with zero attached hydrogens (tertiary/aromatic N) is 4. The summed E-state index contributed by atoms with van der Waals surface area (Å²) in [5.41, 5.74) is 4.22. The van der Waals surface area contributed by atoms with E-state index in [2.05, 4.69) is 72.0 Å². The molecule has 0 atom stereocenters. The van der Waals surface area contributed by atoms with Crippen LogP contribution in [0.3, 0.4) is 0 Å². The van der Waals surface area contributed by atoms with Crippen molar-refractivity contribution in [2.75, 3.05) is 36.0 Å². The van der Waals surface area contributed by atoms with Crippen molar-refractivity contribution >= 4 is 33.5 Å². The number of hydrogen-bond acceptors (Lipinski definition) is 6. The summed E-state index contributed by atoms with van der Waals surface area (Å²) >= 11 is 0. The maximum atomic E-state index is 12.6. The predicted octanol–water partition coefficient (Wildman–Crippen LogP) is 8.94. The standard InChI is InChI=1S/C37H40N4O2/c1-5-40(6-2)32-22-16-29(17-23-32)37(43,30-18-24-33(25-19-30)41(7-3)8-4)28-14-20-31(21-15-28)38-39-36-34-12-10-9-11-27(34)13-26-35(36)42/h9-26,42-43H,5-8H2,1-4H3. The molecule has 0 aliphatic rings. The van der Waals surface area contributed by atoms with E-state index in [1.54, 1.807) is 6.07 Å². The lowest BCUT2D eigenvalue weighted by Crippen LogP contribution is -2.29. The third kappa shape index (κ3) is 5.97. The Morgan fingerprint density at radius 3 is 1.51 bits per heavy atom. The maximum Gasteiger partial charge on any atom is 0.143 e. The first-order valence-electron chi connectivity index (χ1n) is 15.1. The van der Waals surface area contributed by atoms with Crippen LogP contribution in [0.4, 0.5) is 22.7 Å². The first kappa shape index (κ1) is 29.8. The highest BCUT2D eigenvalue weighted by Crippen LogP contribution is 2.40. The van der Waals surface area contributed by atoms with Gasteiger partial charge in [0.25, 0.3) is 0 Å². The van der Waals surface area contributed by atoms with Crippen molar-refractivity contribution in [3.63, 3.8) is 0 Å². The van der Waals surface area contributed by atoms with E-state index in [1.165, 1.54) is 0 Å². The van der Waals surface area contributed by atoms with Gasteiger partial charge in [-0.2, -0.15) is 5.11 Å². The highest BCUT2D eigenvalue weighted by molar-refractivity contribution is 5.95. The van der Waals surface area contributed by atoms with E-state index in [9.17, 15) is 10.2 Å². The zero-order valence-corrected chi connectivity index (χ0v) is 25.4. The van der Waals surface area contributed by atoms with Crippen LogP contribution in [0.2, 0.25) is 0 Å². The fourth-order valence-electron chi connectivity index (χ4n) is 5.73. The number of hydrogen-bond donors (Lipinski definition) is 2. The molecule has 6 heteroatoms. The summed E-state index contributed by atoms with van der Waals surface area (Å²) in [6.45, 7) is 12.2. The molecule has 0 fully saturated rings.